The van der Waals surface area contributed by atoms with Crippen LogP contribution >= 0.6 is 0 Å². The summed E-state index contributed by atoms with van der Waals surface area (Å²) in [5, 5.41) is 12.8. The number of rotatable bonds is 3. The Morgan fingerprint density at radius 3 is 3.00 bits per heavy atom. The Morgan fingerprint density at radius 1 is 1.62 bits per heavy atom. The zero-order chi connectivity index (χ0) is 11.7. The summed E-state index contributed by atoms with van der Waals surface area (Å²) < 4.78 is 6.80. The number of aryl methyl sites for hydroxylation is 1. The largest absolute Gasteiger partial charge is 0.476 e. The van der Waals surface area contributed by atoms with E-state index in [2.05, 4.69) is 10.1 Å². The smallest absolute Gasteiger partial charge is 0.356 e. The third-order valence-corrected chi connectivity index (χ3v) is 2.04. The predicted octanol–water partition coefficient (Wildman–Crippen LogP) is 1.13. The molecule has 84 valence electrons. The van der Waals surface area contributed by atoms with Crippen LogP contribution in [0.2, 0.25) is 0 Å². The van der Waals surface area contributed by atoms with Gasteiger partial charge in [0, 0.05) is 6.07 Å². The molecule has 0 amide bonds. The summed E-state index contributed by atoms with van der Waals surface area (Å²) in [5.74, 6) is -0.661. The lowest BCUT2D eigenvalue weighted by Crippen LogP contribution is -2.00. The second-order valence-electron chi connectivity index (χ2n) is 3.28. The van der Waals surface area contributed by atoms with Crippen molar-refractivity contribution in [2.75, 3.05) is 6.61 Å². The zero-order valence-corrected chi connectivity index (χ0v) is 8.97. The summed E-state index contributed by atoms with van der Waals surface area (Å²) in [4.78, 5) is 15.0. The van der Waals surface area contributed by atoms with Crippen LogP contribution in [0, 0.1) is 6.92 Å². The minimum atomic E-state index is -1.07. The Hall–Kier alpha value is -2.11. The molecule has 2 rings (SSSR count). The second kappa shape index (κ2) is 3.80. The van der Waals surface area contributed by atoms with Crippen molar-refractivity contribution in [2.45, 2.75) is 13.8 Å². The van der Waals surface area contributed by atoms with Gasteiger partial charge in [-0.1, -0.05) is 0 Å². The number of hydrogen-bond acceptors (Lipinski definition) is 4. The Bertz CT molecular complexity index is 547. The van der Waals surface area contributed by atoms with Crippen molar-refractivity contribution >= 4 is 11.5 Å². The fraction of sp³-hybridized carbons (Fsp3) is 0.300. The van der Waals surface area contributed by atoms with Crippen LogP contribution in [0.4, 0.5) is 0 Å². The van der Waals surface area contributed by atoms with Gasteiger partial charge in [-0.2, -0.15) is 5.10 Å². The molecule has 0 aromatic carbocycles. The molecule has 0 bridgehead atoms. The predicted molar refractivity (Wildman–Crippen MR) is 55.9 cm³/mol. The van der Waals surface area contributed by atoms with E-state index in [1.165, 1.54) is 10.6 Å². The summed E-state index contributed by atoms with van der Waals surface area (Å²) in [7, 11) is 0. The highest BCUT2D eigenvalue weighted by molar-refractivity contribution is 5.87. The van der Waals surface area contributed by atoms with E-state index in [1.807, 2.05) is 6.92 Å². The molecule has 0 unspecified atom stereocenters. The van der Waals surface area contributed by atoms with Gasteiger partial charge in [-0.05, 0) is 13.8 Å². The quantitative estimate of drug-likeness (QED) is 0.840. The van der Waals surface area contributed by atoms with Crippen molar-refractivity contribution < 1.29 is 14.6 Å². The molecule has 1 N–H and O–H groups in total. The van der Waals surface area contributed by atoms with Crippen molar-refractivity contribution in [3.63, 3.8) is 0 Å². The van der Waals surface area contributed by atoms with E-state index < -0.39 is 5.97 Å². The molecule has 0 aliphatic rings. The summed E-state index contributed by atoms with van der Waals surface area (Å²) in [5.41, 5.74) is 1.26. The van der Waals surface area contributed by atoms with E-state index in [9.17, 15) is 4.79 Å². The maximum Gasteiger partial charge on any atom is 0.356 e. The van der Waals surface area contributed by atoms with Crippen LogP contribution in [0.15, 0.2) is 12.3 Å². The van der Waals surface area contributed by atoms with Gasteiger partial charge in [0.05, 0.1) is 18.5 Å². The number of hydrogen-bond donors (Lipinski definition) is 1. The molecule has 0 saturated carbocycles. The normalized spacial score (nSPS) is 10.6. The van der Waals surface area contributed by atoms with Crippen molar-refractivity contribution in [3.8, 4) is 5.88 Å². The molecule has 2 aromatic rings. The SMILES string of the molecule is CCOc1nc(C)cn2nc(C(=O)O)cc12. The van der Waals surface area contributed by atoms with E-state index in [0.717, 1.165) is 5.69 Å². The number of nitrogens with zero attached hydrogens (tertiary/aromatic N) is 3. The molecule has 2 heterocycles. The highest BCUT2D eigenvalue weighted by atomic mass is 16.5. The van der Waals surface area contributed by atoms with Gasteiger partial charge in [-0.15, -0.1) is 0 Å². The summed E-state index contributed by atoms with van der Waals surface area (Å²) >= 11 is 0. The van der Waals surface area contributed by atoms with Crippen molar-refractivity contribution in [2.24, 2.45) is 0 Å². The van der Waals surface area contributed by atoms with E-state index in [4.69, 9.17) is 9.84 Å². The Labute approximate surface area is 91.5 Å². The fourth-order valence-electron chi connectivity index (χ4n) is 1.42. The van der Waals surface area contributed by atoms with Gasteiger partial charge in [0.1, 0.15) is 5.52 Å². The lowest BCUT2D eigenvalue weighted by atomic mass is 10.4. The number of aromatic nitrogens is 3. The Balaban J connectivity index is 2.65. The van der Waals surface area contributed by atoms with E-state index >= 15 is 0 Å². The first-order valence-corrected chi connectivity index (χ1v) is 4.85. The van der Waals surface area contributed by atoms with E-state index in [-0.39, 0.29) is 5.69 Å². The number of carboxylic acid groups (broad SMARTS) is 1. The molecule has 0 radical (unpaired) electrons. The summed E-state index contributed by atoms with van der Waals surface area (Å²) in [6, 6.07) is 1.44. The molecule has 0 atom stereocenters. The summed E-state index contributed by atoms with van der Waals surface area (Å²) in [6.45, 7) is 4.11. The van der Waals surface area contributed by atoms with Crippen molar-refractivity contribution in [1.29, 1.82) is 0 Å². The number of carboxylic acids is 1. The van der Waals surface area contributed by atoms with Crippen LogP contribution in [0.5, 0.6) is 5.88 Å². The number of fused-ring (bicyclic) bond motifs is 1. The molecule has 0 fully saturated rings. The molecule has 0 aliphatic carbocycles. The van der Waals surface area contributed by atoms with Crippen LogP contribution < -0.4 is 4.74 Å². The van der Waals surface area contributed by atoms with Gasteiger partial charge in [0.2, 0.25) is 5.88 Å². The molecule has 0 spiro atoms. The number of carbonyl (C=O) groups is 1. The molecular weight excluding hydrogens is 210 g/mol. The lowest BCUT2D eigenvalue weighted by Gasteiger charge is -2.04. The molecule has 6 nitrogen and oxygen atoms in total. The lowest BCUT2D eigenvalue weighted by molar-refractivity contribution is 0.0690. The molecular formula is C10H11N3O3. The average molecular weight is 221 g/mol. The third kappa shape index (κ3) is 1.69. The van der Waals surface area contributed by atoms with Crippen LogP contribution in [-0.4, -0.2) is 32.3 Å². The Kier molecular flexibility index (Phi) is 2.47. The molecule has 0 saturated heterocycles. The maximum atomic E-state index is 10.8. The van der Waals surface area contributed by atoms with Gasteiger partial charge in [0.25, 0.3) is 0 Å². The van der Waals surface area contributed by atoms with Crippen LogP contribution in [-0.2, 0) is 0 Å². The first-order chi connectivity index (χ1) is 7.61. The monoisotopic (exact) mass is 221 g/mol. The molecule has 0 aliphatic heterocycles. The van der Waals surface area contributed by atoms with Crippen molar-refractivity contribution in [3.05, 3.63) is 23.7 Å². The van der Waals surface area contributed by atoms with Crippen molar-refractivity contribution in [1.82, 2.24) is 14.6 Å². The van der Waals surface area contributed by atoms with Gasteiger partial charge in [-0.3, -0.25) is 0 Å². The topological polar surface area (TPSA) is 76.7 Å². The van der Waals surface area contributed by atoms with Gasteiger partial charge >= 0.3 is 5.97 Å². The number of ether oxygens (including phenoxy) is 1. The third-order valence-electron chi connectivity index (χ3n) is 2.04. The van der Waals surface area contributed by atoms with Crippen LogP contribution in [0.1, 0.15) is 23.1 Å². The van der Waals surface area contributed by atoms with Crippen LogP contribution in [0.3, 0.4) is 0 Å². The van der Waals surface area contributed by atoms with Gasteiger partial charge < -0.3 is 9.84 Å². The van der Waals surface area contributed by atoms with Gasteiger partial charge in [-0.25, -0.2) is 14.3 Å². The van der Waals surface area contributed by atoms with E-state index in [0.29, 0.717) is 18.0 Å². The van der Waals surface area contributed by atoms with Crippen LogP contribution in [0.25, 0.3) is 5.52 Å². The van der Waals surface area contributed by atoms with E-state index in [1.54, 1.807) is 13.1 Å². The minimum Gasteiger partial charge on any atom is -0.476 e. The average Bonchev–Trinajstić information content (AvgIpc) is 2.61. The molecule has 6 heteroatoms. The fourth-order valence-corrected chi connectivity index (χ4v) is 1.42. The van der Waals surface area contributed by atoms with Gasteiger partial charge in [0.15, 0.2) is 5.69 Å². The highest BCUT2D eigenvalue weighted by Gasteiger charge is 2.13. The Morgan fingerprint density at radius 2 is 2.38 bits per heavy atom. The first kappa shape index (κ1) is 10.4. The second-order valence-corrected chi connectivity index (χ2v) is 3.28. The standard InChI is InChI=1S/C10H11N3O3/c1-3-16-9-8-4-7(10(14)15)12-13(8)5-6(2)11-9/h4-5H,3H2,1-2H3,(H,14,15). The maximum absolute atomic E-state index is 10.8. The highest BCUT2D eigenvalue weighted by Crippen LogP contribution is 2.18. The summed E-state index contributed by atoms with van der Waals surface area (Å²) in [6.07, 6.45) is 1.66. The zero-order valence-electron chi connectivity index (χ0n) is 8.97. The number of aromatic carboxylic acids is 1. The first-order valence-electron chi connectivity index (χ1n) is 4.85. The molecule has 2 aromatic heterocycles. The minimum absolute atomic E-state index is 0.0200. The molecule has 16 heavy (non-hydrogen) atoms.